The fourth-order valence-electron chi connectivity index (χ4n) is 2.50. The number of hydrogen-bond acceptors (Lipinski definition) is 5. The van der Waals surface area contributed by atoms with Crippen LogP contribution in [0, 0.1) is 0 Å². The van der Waals surface area contributed by atoms with E-state index >= 15 is 0 Å². The zero-order valence-electron chi connectivity index (χ0n) is 10.4. The van der Waals surface area contributed by atoms with Gasteiger partial charge >= 0.3 is 5.97 Å². The smallest absolute Gasteiger partial charge is 0.323 e. The molecule has 1 aliphatic carbocycles. The highest BCUT2D eigenvalue weighted by Gasteiger charge is 2.42. The average molecular weight is 286 g/mol. The van der Waals surface area contributed by atoms with Crippen LogP contribution in [0.15, 0.2) is 15.9 Å². The molecule has 0 aromatic carbocycles. The Hall–Kier alpha value is -0.590. The number of nitrogens with one attached hydrogen (secondary N) is 1. The Morgan fingerprint density at radius 1 is 1.78 bits per heavy atom. The first kappa shape index (κ1) is 13.8. The van der Waals surface area contributed by atoms with Crippen LogP contribution < -0.4 is 5.32 Å². The molecular weight excluding hydrogens is 268 g/mol. The molecule has 0 radical (unpaired) electrons. The zero-order valence-corrected chi connectivity index (χ0v) is 12.0. The second-order valence-electron chi connectivity index (χ2n) is 4.55. The summed E-state index contributed by atoms with van der Waals surface area (Å²) in [6.07, 6.45) is 5.24. The van der Waals surface area contributed by atoms with Crippen molar-refractivity contribution in [2.24, 2.45) is 0 Å². The summed E-state index contributed by atoms with van der Waals surface area (Å²) >= 11 is 3.34. The Balaban J connectivity index is 2.04. The van der Waals surface area contributed by atoms with Gasteiger partial charge in [0.15, 0.2) is 0 Å². The van der Waals surface area contributed by atoms with E-state index in [9.17, 15) is 9.90 Å². The third-order valence-corrected chi connectivity index (χ3v) is 5.49. The van der Waals surface area contributed by atoms with Gasteiger partial charge in [0.2, 0.25) is 0 Å². The van der Waals surface area contributed by atoms with Crippen LogP contribution >= 0.6 is 23.1 Å². The summed E-state index contributed by atoms with van der Waals surface area (Å²) in [6, 6.07) is 0. The molecule has 2 rings (SSSR count). The first-order valence-corrected chi connectivity index (χ1v) is 7.97. The number of thioether (sulfide) groups is 1. The summed E-state index contributed by atoms with van der Waals surface area (Å²) in [5, 5.41) is 15.0. The van der Waals surface area contributed by atoms with Crippen molar-refractivity contribution in [1.82, 2.24) is 10.3 Å². The summed E-state index contributed by atoms with van der Waals surface area (Å²) in [6.45, 7) is 2.66. The molecule has 2 unspecified atom stereocenters. The molecular formula is C12H18N2O2S2. The van der Waals surface area contributed by atoms with Crippen molar-refractivity contribution in [3.63, 3.8) is 0 Å². The van der Waals surface area contributed by atoms with E-state index in [2.05, 4.69) is 10.3 Å². The minimum Gasteiger partial charge on any atom is -0.480 e. The maximum Gasteiger partial charge on any atom is 0.323 e. The number of carboxylic acid groups (broad SMARTS) is 1. The molecule has 1 heterocycles. The van der Waals surface area contributed by atoms with Crippen LogP contribution in [-0.2, 0) is 4.79 Å². The summed E-state index contributed by atoms with van der Waals surface area (Å²) < 4.78 is 1.04. The van der Waals surface area contributed by atoms with Crippen LogP contribution in [0.4, 0.5) is 0 Å². The van der Waals surface area contributed by atoms with Gasteiger partial charge < -0.3 is 10.4 Å². The summed E-state index contributed by atoms with van der Waals surface area (Å²) in [5.41, 5.74) is -0.734. The monoisotopic (exact) mass is 286 g/mol. The number of hydrogen-bond donors (Lipinski definition) is 2. The van der Waals surface area contributed by atoms with Crippen LogP contribution in [0.25, 0.3) is 0 Å². The number of rotatable bonds is 5. The van der Waals surface area contributed by atoms with E-state index in [-0.39, 0.29) is 0 Å². The van der Waals surface area contributed by atoms with Crippen molar-refractivity contribution in [3.05, 3.63) is 11.6 Å². The summed E-state index contributed by atoms with van der Waals surface area (Å²) in [7, 11) is 0. The molecule has 1 saturated carbocycles. The van der Waals surface area contributed by atoms with Gasteiger partial charge in [-0.15, -0.1) is 11.3 Å². The fourth-order valence-corrected chi connectivity index (χ4v) is 4.72. The van der Waals surface area contributed by atoms with Gasteiger partial charge in [-0.25, -0.2) is 4.98 Å². The molecule has 1 aromatic rings. The molecule has 0 spiro atoms. The van der Waals surface area contributed by atoms with Gasteiger partial charge in [0, 0.05) is 16.8 Å². The van der Waals surface area contributed by atoms with E-state index < -0.39 is 11.5 Å². The van der Waals surface area contributed by atoms with Gasteiger partial charge in [-0.1, -0.05) is 18.7 Å². The number of carbonyl (C=O) groups is 1. The van der Waals surface area contributed by atoms with E-state index in [0.29, 0.717) is 18.2 Å². The van der Waals surface area contributed by atoms with Gasteiger partial charge in [0.05, 0.1) is 0 Å². The molecule has 18 heavy (non-hydrogen) atoms. The fraction of sp³-hybridized carbons (Fsp3) is 0.667. The normalized spacial score (nSPS) is 28.2. The van der Waals surface area contributed by atoms with E-state index in [1.54, 1.807) is 29.3 Å². The SMILES string of the molecule is CCNC1(C(=O)O)CCCC(Sc2nccs2)C1. The lowest BCUT2D eigenvalue weighted by Gasteiger charge is -2.37. The van der Waals surface area contributed by atoms with E-state index in [0.717, 1.165) is 23.6 Å². The maximum atomic E-state index is 11.5. The maximum absolute atomic E-state index is 11.5. The van der Waals surface area contributed by atoms with E-state index in [1.807, 2.05) is 12.3 Å². The summed E-state index contributed by atoms with van der Waals surface area (Å²) in [4.78, 5) is 15.8. The molecule has 1 aliphatic rings. The molecule has 6 heteroatoms. The van der Waals surface area contributed by atoms with Gasteiger partial charge in [-0.05, 0) is 32.2 Å². The van der Waals surface area contributed by atoms with Crippen molar-refractivity contribution in [1.29, 1.82) is 0 Å². The Morgan fingerprint density at radius 3 is 3.22 bits per heavy atom. The predicted molar refractivity (Wildman–Crippen MR) is 74.3 cm³/mol. The molecule has 4 nitrogen and oxygen atoms in total. The minimum absolute atomic E-state index is 0.347. The standard InChI is InChI=1S/C12H18N2O2S2/c1-2-14-12(10(15)16)5-3-4-9(8-12)18-11-13-6-7-17-11/h6-7,9,14H,2-5,8H2,1H3,(H,15,16). The molecule has 0 aliphatic heterocycles. The third kappa shape index (κ3) is 3.05. The number of carboxylic acids is 1. The largest absolute Gasteiger partial charge is 0.480 e. The van der Waals surface area contributed by atoms with Gasteiger partial charge in [-0.2, -0.15) is 0 Å². The zero-order chi connectivity index (χ0) is 13.0. The highest BCUT2D eigenvalue weighted by atomic mass is 32.2. The molecule has 1 aromatic heterocycles. The molecule has 1 fully saturated rings. The molecule has 0 amide bonds. The van der Waals surface area contributed by atoms with Gasteiger partial charge in [-0.3, -0.25) is 4.79 Å². The van der Waals surface area contributed by atoms with Crippen LogP contribution in [0.5, 0.6) is 0 Å². The topological polar surface area (TPSA) is 62.2 Å². The minimum atomic E-state index is -0.734. The van der Waals surface area contributed by atoms with E-state index in [1.165, 1.54) is 0 Å². The van der Waals surface area contributed by atoms with Crippen molar-refractivity contribution >= 4 is 29.1 Å². The lowest BCUT2D eigenvalue weighted by molar-refractivity contribution is -0.146. The van der Waals surface area contributed by atoms with Gasteiger partial charge in [0.1, 0.15) is 9.88 Å². The van der Waals surface area contributed by atoms with Gasteiger partial charge in [0.25, 0.3) is 0 Å². The first-order valence-electron chi connectivity index (χ1n) is 6.21. The number of aliphatic carboxylic acids is 1. The third-order valence-electron chi connectivity index (χ3n) is 3.31. The second kappa shape index (κ2) is 6.04. The first-order chi connectivity index (χ1) is 8.66. The molecule has 0 bridgehead atoms. The Bertz CT molecular complexity index is 393. The van der Waals surface area contributed by atoms with Crippen LogP contribution in [0.2, 0.25) is 0 Å². The van der Waals surface area contributed by atoms with Crippen molar-refractivity contribution in [2.75, 3.05) is 6.54 Å². The van der Waals surface area contributed by atoms with Crippen molar-refractivity contribution < 1.29 is 9.90 Å². The highest BCUT2D eigenvalue weighted by Crippen LogP contribution is 2.39. The number of aromatic nitrogens is 1. The van der Waals surface area contributed by atoms with Crippen LogP contribution in [0.1, 0.15) is 32.6 Å². The van der Waals surface area contributed by atoms with Crippen molar-refractivity contribution in [3.8, 4) is 0 Å². The Kier molecular flexibility index (Phi) is 4.64. The Labute approximate surface area is 115 Å². The molecule has 2 atom stereocenters. The second-order valence-corrected chi connectivity index (χ2v) is 6.99. The lowest BCUT2D eigenvalue weighted by Crippen LogP contribution is -2.55. The number of thiazole rings is 1. The number of nitrogens with zero attached hydrogens (tertiary/aromatic N) is 1. The predicted octanol–water partition coefficient (Wildman–Crippen LogP) is 2.61. The molecule has 0 saturated heterocycles. The molecule has 2 N–H and O–H groups in total. The average Bonchev–Trinajstić information content (AvgIpc) is 2.82. The van der Waals surface area contributed by atoms with Crippen LogP contribution in [-0.4, -0.2) is 33.4 Å². The lowest BCUT2D eigenvalue weighted by atomic mass is 9.81. The number of likely N-dealkylation sites (N-methyl/N-ethyl adjacent to an activating group) is 1. The van der Waals surface area contributed by atoms with Crippen molar-refractivity contribution in [2.45, 2.75) is 47.7 Å². The van der Waals surface area contributed by atoms with Crippen LogP contribution in [0.3, 0.4) is 0 Å². The van der Waals surface area contributed by atoms with E-state index in [4.69, 9.17) is 0 Å². The highest BCUT2D eigenvalue weighted by molar-refractivity contribution is 8.01. The molecule has 100 valence electrons. The Morgan fingerprint density at radius 2 is 2.61 bits per heavy atom. The quantitative estimate of drug-likeness (QED) is 0.871. The summed E-state index contributed by atoms with van der Waals surface area (Å²) in [5.74, 6) is -0.714.